The number of rotatable bonds is 5. The zero-order chi connectivity index (χ0) is 17.7. The summed E-state index contributed by atoms with van der Waals surface area (Å²) in [5.41, 5.74) is 4.88. The number of alkyl carbamates (subject to hydrolysis) is 1. The lowest BCUT2D eigenvalue weighted by Crippen LogP contribution is -2.43. The third-order valence-corrected chi connectivity index (χ3v) is 3.86. The summed E-state index contributed by atoms with van der Waals surface area (Å²) in [4.78, 5) is 39.1. The number of H-pyrrole nitrogens is 1. The molecule has 24 heavy (non-hydrogen) atoms. The van der Waals surface area contributed by atoms with Crippen LogP contribution in [0, 0.1) is 0 Å². The Balaban J connectivity index is 2.24. The van der Waals surface area contributed by atoms with Crippen molar-refractivity contribution in [2.24, 2.45) is 5.73 Å². The van der Waals surface area contributed by atoms with Gasteiger partial charge in [-0.3, -0.25) is 14.3 Å². The fraction of sp³-hybridized carbons (Fsp3) is 0.500. The van der Waals surface area contributed by atoms with Crippen LogP contribution in [0.5, 0.6) is 0 Å². The first-order valence-electron chi connectivity index (χ1n) is 7.41. The third-order valence-electron chi connectivity index (χ3n) is 3.60. The van der Waals surface area contributed by atoms with Crippen LogP contribution < -0.4 is 22.3 Å². The number of aromatic nitrogens is 2. The van der Waals surface area contributed by atoms with E-state index in [9.17, 15) is 14.4 Å². The van der Waals surface area contributed by atoms with Gasteiger partial charge in [0.25, 0.3) is 5.56 Å². The Morgan fingerprint density at radius 3 is 3.00 bits per heavy atom. The van der Waals surface area contributed by atoms with E-state index < -0.39 is 35.7 Å². The molecule has 3 atom stereocenters. The van der Waals surface area contributed by atoms with Crippen molar-refractivity contribution in [2.45, 2.75) is 31.7 Å². The molecule has 1 aliphatic heterocycles. The topological polar surface area (TPSA) is 128 Å². The number of amides is 1. The molecule has 1 aromatic heterocycles. The van der Waals surface area contributed by atoms with E-state index in [0.29, 0.717) is 12.0 Å². The number of nitrogens with one attached hydrogen (secondary N) is 2. The molecule has 10 heteroatoms. The lowest BCUT2D eigenvalue weighted by Gasteiger charge is -2.17. The fourth-order valence-electron chi connectivity index (χ4n) is 2.50. The maximum atomic E-state index is 12.1. The average Bonchev–Trinajstić information content (AvgIpc) is 2.93. The van der Waals surface area contributed by atoms with E-state index in [2.05, 4.69) is 26.2 Å². The number of carbonyl (C=O) groups is 1. The molecule has 2 rings (SSSR count). The highest BCUT2D eigenvalue weighted by atomic mass is 79.9. The number of nitrogens with two attached hydrogens (primary N) is 1. The molecule has 0 bridgehead atoms. The minimum absolute atomic E-state index is 0.167. The fourth-order valence-corrected chi connectivity index (χ4v) is 2.78. The second-order valence-electron chi connectivity index (χ2n) is 5.12. The maximum Gasteiger partial charge on any atom is 0.407 e. The number of carbonyl (C=O) groups excluding carboxylic acids is 1. The molecule has 0 radical (unpaired) electrons. The van der Waals surface area contributed by atoms with Gasteiger partial charge in [0.15, 0.2) is 0 Å². The number of halogens is 1. The van der Waals surface area contributed by atoms with E-state index in [4.69, 9.17) is 15.2 Å². The SMILES string of the molecule is CCOC(=O)N[C@H]1C[C@H](n2cc(/C=C/Br)c(=O)[nH]c2=O)O[C@@H]1CN. The van der Waals surface area contributed by atoms with Crippen LogP contribution in [0.15, 0.2) is 20.8 Å². The van der Waals surface area contributed by atoms with Crippen LogP contribution in [0.1, 0.15) is 25.1 Å². The first-order valence-corrected chi connectivity index (χ1v) is 8.32. The van der Waals surface area contributed by atoms with Gasteiger partial charge < -0.3 is 20.5 Å². The van der Waals surface area contributed by atoms with Gasteiger partial charge in [-0.15, -0.1) is 0 Å². The molecule has 1 aliphatic rings. The standard InChI is InChI=1S/C14H19BrN4O5/c1-2-23-14(22)17-9-5-11(24-10(9)6-16)19-7-8(3-4-15)12(20)18-13(19)21/h3-4,7,9-11H,2,5-6,16H2,1H3,(H,17,22)(H,18,20,21)/b4-3+/t9-,10+,11+/m0/s1. The molecule has 1 saturated heterocycles. The van der Waals surface area contributed by atoms with Crippen LogP contribution in [0.3, 0.4) is 0 Å². The van der Waals surface area contributed by atoms with Gasteiger partial charge in [-0.25, -0.2) is 9.59 Å². The van der Waals surface area contributed by atoms with E-state index in [0.717, 1.165) is 0 Å². The number of hydrogen-bond donors (Lipinski definition) is 3. The van der Waals surface area contributed by atoms with Gasteiger partial charge in [0.2, 0.25) is 0 Å². The van der Waals surface area contributed by atoms with Crippen LogP contribution in [0.2, 0.25) is 0 Å². The summed E-state index contributed by atoms with van der Waals surface area (Å²) in [6.07, 6.45) is 1.56. The van der Waals surface area contributed by atoms with Crippen molar-refractivity contribution in [1.29, 1.82) is 0 Å². The Kier molecular flexibility index (Phi) is 6.35. The first kappa shape index (κ1) is 18.4. The van der Waals surface area contributed by atoms with Gasteiger partial charge in [-0.2, -0.15) is 0 Å². The minimum atomic E-state index is -0.655. The van der Waals surface area contributed by atoms with Gasteiger partial charge in [0.05, 0.1) is 24.3 Å². The highest BCUT2D eigenvalue weighted by Gasteiger charge is 2.37. The lowest BCUT2D eigenvalue weighted by molar-refractivity contribution is -0.00000659. The monoisotopic (exact) mass is 402 g/mol. The van der Waals surface area contributed by atoms with Gasteiger partial charge in [0.1, 0.15) is 6.23 Å². The van der Waals surface area contributed by atoms with Crippen LogP contribution in [0.25, 0.3) is 6.08 Å². The van der Waals surface area contributed by atoms with Crippen LogP contribution in [0.4, 0.5) is 4.79 Å². The predicted octanol–water partition coefficient (Wildman–Crippen LogP) is 0.263. The molecule has 1 fully saturated rings. The normalized spacial score (nSPS) is 23.5. The Hall–Kier alpha value is -1.91. The van der Waals surface area contributed by atoms with E-state index in [1.54, 1.807) is 6.92 Å². The Bertz CT molecular complexity index is 729. The molecule has 132 valence electrons. The van der Waals surface area contributed by atoms with E-state index in [1.807, 2.05) is 0 Å². The van der Waals surface area contributed by atoms with Gasteiger partial charge >= 0.3 is 11.8 Å². The molecular formula is C14H19BrN4O5. The third kappa shape index (κ3) is 4.13. The molecule has 1 aromatic rings. The van der Waals surface area contributed by atoms with Crippen LogP contribution >= 0.6 is 15.9 Å². The second kappa shape index (κ2) is 8.27. The Morgan fingerprint density at radius 1 is 1.62 bits per heavy atom. The molecule has 0 saturated carbocycles. The smallest absolute Gasteiger partial charge is 0.407 e. The van der Waals surface area contributed by atoms with Crippen molar-refractivity contribution >= 4 is 28.1 Å². The molecule has 0 aromatic carbocycles. The first-order chi connectivity index (χ1) is 11.5. The number of nitrogens with zero attached hydrogens (tertiary/aromatic N) is 1. The van der Waals surface area contributed by atoms with Crippen LogP contribution in [-0.4, -0.2) is 40.9 Å². The van der Waals surface area contributed by atoms with Crippen molar-refractivity contribution < 1.29 is 14.3 Å². The van der Waals surface area contributed by atoms with E-state index in [1.165, 1.54) is 21.8 Å². The van der Waals surface area contributed by atoms with Crippen molar-refractivity contribution in [3.63, 3.8) is 0 Å². The summed E-state index contributed by atoms with van der Waals surface area (Å²) in [6, 6.07) is -0.395. The summed E-state index contributed by atoms with van der Waals surface area (Å²) < 4.78 is 11.9. The van der Waals surface area contributed by atoms with E-state index in [-0.39, 0.29) is 13.2 Å². The molecule has 0 spiro atoms. The molecule has 1 amide bonds. The highest BCUT2D eigenvalue weighted by molar-refractivity contribution is 9.11. The summed E-state index contributed by atoms with van der Waals surface area (Å²) in [6.45, 7) is 2.12. The minimum Gasteiger partial charge on any atom is -0.450 e. The molecular weight excluding hydrogens is 384 g/mol. The number of hydrogen-bond acceptors (Lipinski definition) is 6. The quantitative estimate of drug-likeness (QED) is 0.647. The average molecular weight is 403 g/mol. The molecule has 9 nitrogen and oxygen atoms in total. The molecule has 0 unspecified atom stereocenters. The highest BCUT2D eigenvalue weighted by Crippen LogP contribution is 2.27. The summed E-state index contributed by atoms with van der Waals surface area (Å²) >= 11 is 3.09. The Labute approximate surface area is 146 Å². The zero-order valence-electron chi connectivity index (χ0n) is 13.0. The predicted molar refractivity (Wildman–Crippen MR) is 90.8 cm³/mol. The van der Waals surface area contributed by atoms with Gasteiger partial charge in [0, 0.05) is 19.2 Å². The summed E-state index contributed by atoms with van der Waals surface area (Å²) in [5.74, 6) is 0. The van der Waals surface area contributed by atoms with Crippen molar-refractivity contribution in [3.05, 3.63) is 37.6 Å². The zero-order valence-corrected chi connectivity index (χ0v) is 14.6. The molecule has 4 N–H and O–H groups in total. The van der Waals surface area contributed by atoms with Gasteiger partial charge in [-0.1, -0.05) is 15.9 Å². The van der Waals surface area contributed by atoms with Crippen molar-refractivity contribution in [1.82, 2.24) is 14.9 Å². The largest absolute Gasteiger partial charge is 0.450 e. The molecule has 0 aliphatic carbocycles. The van der Waals surface area contributed by atoms with Crippen molar-refractivity contribution in [2.75, 3.05) is 13.2 Å². The molecule has 2 heterocycles. The Morgan fingerprint density at radius 2 is 2.38 bits per heavy atom. The summed E-state index contributed by atoms with van der Waals surface area (Å²) in [5, 5.41) is 2.68. The number of ether oxygens (including phenoxy) is 2. The van der Waals surface area contributed by atoms with Gasteiger partial charge in [-0.05, 0) is 18.0 Å². The van der Waals surface area contributed by atoms with E-state index >= 15 is 0 Å². The second-order valence-corrected chi connectivity index (χ2v) is 5.64. The van der Waals surface area contributed by atoms with Crippen molar-refractivity contribution in [3.8, 4) is 0 Å². The summed E-state index contributed by atoms with van der Waals surface area (Å²) in [7, 11) is 0. The lowest BCUT2D eigenvalue weighted by atomic mass is 10.1. The van der Waals surface area contributed by atoms with Crippen LogP contribution in [-0.2, 0) is 9.47 Å². The number of aromatic amines is 1. The maximum absolute atomic E-state index is 12.1.